The molecule has 0 unspecified atom stereocenters. The summed E-state index contributed by atoms with van der Waals surface area (Å²) in [5.41, 5.74) is 22.7. The zero-order valence-corrected chi connectivity index (χ0v) is 37.7. The summed E-state index contributed by atoms with van der Waals surface area (Å²) in [5.74, 6) is -9.99. The third-order valence-corrected chi connectivity index (χ3v) is 10.0. The number of aliphatic carboxylic acids is 1. The standard InChI is InChI=1S/C41H68N12O14/c1-22(41(66)67)47-34(59)25(12-6-8-16-42)50-38(63)29(20-54)53-39(64)30(21-55)52-36(61)27(14-15-31(44)57)51-35(60)26(13-7-9-17-43)49-37(62)28(18-24-10-4-3-5-11-24)48-32(58)19-46-40(65)33(45)23(2)56/h3-5,10-11,22-23,25-30,33,54-56H,6-9,12-21,42-43,45H2,1-2H3,(H2,44,57)(H,46,65)(H,47,59)(H,48,58)(H,49,62)(H,50,63)(H,51,60)(H,52,61)(H,53,64)(H,66,67)/t22-,23+,25-,26-,27-,28-,29-,30-,33-/m0/s1. The number of benzene rings is 1. The Morgan fingerprint density at radius 1 is 0.567 bits per heavy atom. The molecule has 0 saturated carbocycles. The van der Waals surface area contributed by atoms with Crippen molar-refractivity contribution in [3.05, 3.63) is 35.9 Å². The van der Waals surface area contributed by atoms with Crippen molar-refractivity contribution < 1.29 is 68.4 Å². The van der Waals surface area contributed by atoms with Gasteiger partial charge in [-0.1, -0.05) is 30.3 Å². The minimum atomic E-state index is -1.84. The number of amides is 9. The van der Waals surface area contributed by atoms with Crippen molar-refractivity contribution in [2.45, 2.75) is 126 Å². The third-order valence-electron chi connectivity index (χ3n) is 10.0. The molecule has 0 aliphatic carbocycles. The Hall–Kier alpha value is -6.32. The van der Waals surface area contributed by atoms with E-state index < -0.39 is 146 Å². The van der Waals surface area contributed by atoms with Gasteiger partial charge in [-0.2, -0.15) is 0 Å². The Morgan fingerprint density at radius 3 is 1.40 bits per heavy atom. The highest BCUT2D eigenvalue weighted by Crippen LogP contribution is 2.09. The van der Waals surface area contributed by atoms with Crippen LogP contribution < -0.4 is 65.5 Å². The first-order chi connectivity index (χ1) is 31.7. The first kappa shape index (κ1) is 58.7. The topological polar surface area (TPSA) is 452 Å². The average Bonchev–Trinajstić information content (AvgIpc) is 3.28. The van der Waals surface area contributed by atoms with Crippen LogP contribution in [0.25, 0.3) is 0 Å². The van der Waals surface area contributed by atoms with Gasteiger partial charge in [0.15, 0.2) is 0 Å². The Labute approximate surface area is 387 Å². The summed E-state index contributed by atoms with van der Waals surface area (Å²) in [6.45, 7) is 0.193. The van der Waals surface area contributed by atoms with E-state index in [0.717, 1.165) is 0 Å². The van der Waals surface area contributed by atoms with Crippen molar-refractivity contribution in [1.29, 1.82) is 0 Å². The lowest BCUT2D eigenvalue weighted by molar-refractivity contribution is -0.142. The van der Waals surface area contributed by atoms with Gasteiger partial charge in [0.25, 0.3) is 0 Å². The minimum Gasteiger partial charge on any atom is -0.480 e. The van der Waals surface area contributed by atoms with E-state index in [1.807, 2.05) is 0 Å². The highest BCUT2D eigenvalue weighted by atomic mass is 16.4. The van der Waals surface area contributed by atoms with Crippen LogP contribution in [0.15, 0.2) is 30.3 Å². The Balaban J connectivity index is 3.30. The van der Waals surface area contributed by atoms with Gasteiger partial charge in [0, 0.05) is 12.8 Å². The summed E-state index contributed by atoms with van der Waals surface area (Å²) in [6.07, 6.45) is -0.797. The number of rotatable bonds is 33. The molecule has 26 nitrogen and oxygen atoms in total. The fraction of sp³-hybridized carbons (Fsp3) is 0.610. The smallest absolute Gasteiger partial charge is 0.325 e. The van der Waals surface area contributed by atoms with E-state index in [-0.39, 0.29) is 38.8 Å². The fourth-order valence-corrected chi connectivity index (χ4v) is 6.01. The van der Waals surface area contributed by atoms with E-state index in [2.05, 4.69) is 42.5 Å². The van der Waals surface area contributed by atoms with Gasteiger partial charge < -0.3 is 85.9 Å². The second-order valence-electron chi connectivity index (χ2n) is 15.6. The molecule has 376 valence electrons. The molecule has 67 heavy (non-hydrogen) atoms. The molecule has 9 atom stereocenters. The van der Waals surface area contributed by atoms with Crippen LogP contribution in [-0.4, -0.2) is 167 Å². The second-order valence-corrected chi connectivity index (χ2v) is 15.6. The zero-order chi connectivity index (χ0) is 50.6. The van der Waals surface area contributed by atoms with Crippen LogP contribution in [0.5, 0.6) is 0 Å². The molecule has 0 saturated heterocycles. The average molecular weight is 953 g/mol. The summed E-state index contributed by atoms with van der Waals surface area (Å²) in [4.78, 5) is 129. The van der Waals surface area contributed by atoms with Gasteiger partial charge in [-0.05, 0) is 77.4 Å². The Bertz CT molecular complexity index is 1810. The van der Waals surface area contributed by atoms with Crippen molar-refractivity contribution in [2.75, 3.05) is 32.8 Å². The van der Waals surface area contributed by atoms with E-state index in [1.165, 1.54) is 13.8 Å². The van der Waals surface area contributed by atoms with E-state index in [4.69, 9.17) is 22.9 Å². The summed E-state index contributed by atoms with van der Waals surface area (Å²) < 4.78 is 0. The molecule has 0 bridgehead atoms. The lowest BCUT2D eigenvalue weighted by Crippen LogP contribution is -2.61. The molecule has 0 aromatic heterocycles. The zero-order valence-electron chi connectivity index (χ0n) is 37.7. The van der Waals surface area contributed by atoms with Gasteiger partial charge >= 0.3 is 5.97 Å². The van der Waals surface area contributed by atoms with Gasteiger partial charge in [0.2, 0.25) is 53.2 Å². The molecule has 1 aromatic rings. The number of primary amides is 1. The predicted molar refractivity (Wildman–Crippen MR) is 238 cm³/mol. The number of carboxylic acids is 1. The quantitative estimate of drug-likeness (QED) is 0.0291. The number of nitrogens with two attached hydrogens (primary N) is 4. The van der Waals surface area contributed by atoms with Crippen LogP contribution in [-0.2, 0) is 54.4 Å². The van der Waals surface area contributed by atoms with Gasteiger partial charge in [0.05, 0.1) is 25.9 Å². The number of carbonyl (C=O) groups is 10. The normalized spacial score (nSPS) is 15.0. The predicted octanol–water partition coefficient (Wildman–Crippen LogP) is -6.94. The van der Waals surface area contributed by atoms with E-state index in [0.29, 0.717) is 24.8 Å². The van der Waals surface area contributed by atoms with E-state index in [1.54, 1.807) is 30.3 Å². The number of aliphatic hydroxyl groups excluding tert-OH is 3. The SMILES string of the molecule is C[C@H](NC(=O)[C@H](CCCCN)NC(=O)[C@H](CO)NC(=O)[C@H](CO)NC(=O)[C@H](CCC(N)=O)NC(=O)[C@H](CCCCN)NC(=O)[C@H](Cc1ccccc1)NC(=O)CNC(=O)[C@@H](N)[C@@H](C)O)C(=O)O. The number of nitrogens with one attached hydrogen (secondary N) is 8. The largest absolute Gasteiger partial charge is 0.480 e. The van der Waals surface area contributed by atoms with Crippen molar-refractivity contribution >= 4 is 59.1 Å². The van der Waals surface area contributed by atoms with Crippen molar-refractivity contribution in [3.63, 3.8) is 0 Å². The molecule has 1 aromatic carbocycles. The first-order valence-corrected chi connectivity index (χ1v) is 21.7. The molecule has 20 N–H and O–H groups in total. The number of carboxylic acid groups (broad SMARTS) is 1. The Morgan fingerprint density at radius 2 is 0.985 bits per heavy atom. The van der Waals surface area contributed by atoms with Crippen molar-refractivity contribution in [2.24, 2.45) is 22.9 Å². The molecule has 9 amide bonds. The third kappa shape index (κ3) is 22.6. The summed E-state index contributed by atoms with van der Waals surface area (Å²) in [5, 5.41) is 57.6. The van der Waals surface area contributed by atoms with Gasteiger partial charge in [-0.25, -0.2) is 0 Å². The molecule has 0 aliphatic heterocycles. The van der Waals surface area contributed by atoms with Crippen LogP contribution in [0.1, 0.15) is 70.8 Å². The first-order valence-electron chi connectivity index (χ1n) is 21.7. The monoisotopic (exact) mass is 952 g/mol. The molecule has 0 aliphatic rings. The van der Waals surface area contributed by atoms with E-state index in [9.17, 15) is 68.4 Å². The number of unbranched alkanes of at least 4 members (excludes halogenated alkanes) is 2. The second kappa shape index (κ2) is 31.6. The minimum absolute atomic E-state index is 0.00634. The van der Waals surface area contributed by atoms with Crippen LogP contribution >= 0.6 is 0 Å². The number of aliphatic hydroxyl groups is 3. The number of hydrogen-bond donors (Lipinski definition) is 16. The molecule has 0 radical (unpaired) electrons. The summed E-state index contributed by atoms with van der Waals surface area (Å²) in [6, 6.07) is -3.46. The van der Waals surface area contributed by atoms with Crippen LogP contribution in [0.4, 0.5) is 0 Å². The molecule has 0 fully saturated rings. The number of hydrogen-bond acceptors (Lipinski definition) is 16. The van der Waals surface area contributed by atoms with Gasteiger partial charge in [0.1, 0.15) is 48.3 Å². The van der Waals surface area contributed by atoms with Gasteiger partial charge in [-0.3, -0.25) is 47.9 Å². The lowest BCUT2D eigenvalue weighted by Gasteiger charge is -2.27. The van der Waals surface area contributed by atoms with Crippen molar-refractivity contribution in [1.82, 2.24) is 42.5 Å². The lowest BCUT2D eigenvalue weighted by atomic mass is 10.0. The molecular weight excluding hydrogens is 885 g/mol. The molecule has 26 heteroatoms. The maximum atomic E-state index is 13.9. The summed E-state index contributed by atoms with van der Waals surface area (Å²) in [7, 11) is 0. The van der Waals surface area contributed by atoms with Crippen LogP contribution in [0.2, 0.25) is 0 Å². The fourth-order valence-electron chi connectivity index (χ4n) is 6.01. The highest BCUT2D eigenvalue weighted by Gasteiger charge is 2.34. The maximum Gasteiger partial charge on any atom is 0.325 e. The molecule has 0 spiro atoms. The van der Waals surface area contributed by atoms with Gasteiger partial charge in [-0.15, -0.1) is 0 Å². The van der Waals surface area contributed by atoms with Crippen LogP contribution in [0, 0.1) is 0 Å². The van der Waals surface area contributed by atoms with Crippen LogP contribution in [0.3, 0.4) is 0 Å². The number of carbonyl (C=O) groups excluding carboxylic acids is 9. The highest BCUT2D eigenvalue weighted by molar-refractivity contribution is 5.98. The Kier molecular flexibility index (Phi) is 27.7. The maximum absolute atomic E-state index is 13.9. The van der Waals surface area contributed by atoms with Crippen molar-refractivity contribution in [3.8, 4) is 0 Å². The molecule has 0 heterocycles. The van der Waals surface area contributed by atoms with E-state index >= 15 is 0 Å². The molecule has 1 rings (SSSR count). The molecular formula is C41H68N12O14. The summed E-state index contributed by atoms with van der Waals surface area (Å²) >= 11 is 0.